The Morgan fingerprint density at radius 3 is 2.78 bits per heavy atom. The molecule has 2 rings (SSSR count). The van der Waals surface area contributed by atoms with Gasteiger partial charge in [-0.3, -0.25) is 0 Å². The van der Waals surface area contributed by atoms with E-state index < -0.39 is 5.82 Å². The van der Waals surface area contributed by atoms with Gasteiger partial charge in [0.1, 0.15) is 5.76 Å². The normalized spacial score (nSPS) is 12.4. The third-order valence-electron chi connectivity index (χ3n) is 2.90. The highest BCUT2D eigenvalue weighted by molar-refractivity contribution is 5.31. The molecule has 3 nitrogen and oxygen atoms in total. The smallest absolute Gasteiger partial charge is 0.165 e. The predicted octanol–water partition coefficient (Wildman–Crippen LogP) is 2.75. The molecule has 0 aliphatic rings. The molecule has 0 radical (unpaired) electrons. The molecule has 4 heteroatoms. The quantitative estimate of drug-likeness (QED) is 0.887. The van der Waals surface area contributed by atoms with Crippen molar-refractivity contribution in [2.75, 3.05) is 13.7 Å². The van der Waals surface area contributed by atoms with Crippen LogP contribution >= 0.6 is 0 Å². The number of aliphatic hydroxyl groups excluding tert-OH is 1. The van der Waals surface area contributed by atoms with Crippen molar-refractivity contribution in [1.82, 2.24) is 0 Å². The first kappa shape index (κ1) is 12.6. The zero-order chi connectivity index (χ0) is 13.0. The van der Waals surface area contributed by atoms with Gasteiger partial charge in [-0.1, -0.05) is 6.07 Å². The Bertz CT molecular complexity index is 494. The molecular formula is C14H15FO3. The van der Waals surface area contributed by atoms with Crippen LogP contribution in [0.4, 0.5) is 4.39 Å². The first-order chi connectivity index (χ1) is 8.74. The molecule has 0 bridgehead atoms. The summed E-state index contributed by atoms with van der Waals surface area (Å²) in [6.07, 6.45) is 2.12. The van der Waals surface area contributed by atoms with E-state index >= 15 is 0 Å². The highest BCUT2D eigenvalue weighted by Gasteiger charge is 2.15. The Labute approximate surface area is 105 Å². The third kappa shape index (κ3) is 2.71. The molecule has 0 spiro atoms. The van der Waals surface area contributed by atoms with Crippen LogP contribution in [0.25, 0.3) is 0 Å². The molecule has 0 fully saturated rings. The minimum absolute atomic E-state index is 0.0630. The molecular weight excluding hydrogens is 235 g/mol. The monoisotopic (exact) mass is 250 g/mol. The van der Waals surface area contributed by atoms with E-state index in [4.69, 9.17) is 9.15 Å². The number of benzene rings is 1. The number of hydrogen-bond acceptors (Lipinski definition) is 3. The molecule has 1 heterocycles. The van der Waals surface area contributed by atoms with Crippen molar-refractivity contribution in [3.63, 3.8) is 0 Å². The highest BCUT2D eigenvalue weighted by Crippen LogP contribution is 2.25. The summed E-state index contributed by atoms with van der Waals surface area (Å²) in [6, 6.07) is 8.34. The number of hydrogen-bond donors (Lipinski definition) is 1. The van der Waals surface area contributed by atoms with E-state index in [1.807, 2.05) is 6.07 Å². The van der Waals surface area contributed by atoms with Crippen LogP contribution in [0.5, 0.6) is 5.75 Å². The van der Waals surface area contributed by atoms with Crippen LogP contribution in [0.2, 0.25) is 0 Å². The lowest BCUT2D eigenvalue weighted by Crippen LogP contribution is -2.08. The topological polar surface area (TPSA) is 42.6 Å². The molecule has 1 aromatic heterocycles. The Morgan fingerprint density at radius 2 is 2.22 bits per heavy atom. The minimum atomic E-state index is -0.423. The molecule has 18 heavy (non-hydrogen) atoms. The van der Waals surface area contributed by atoms with Crippen LogP contribution in [-0.2, 0) is 6.42 Å². The Balaban J connectivity index is 2.19. The lowest BCUT2D eigenvalue weighted by molar-refractivity contribution is 0.259. The van der Waals surface area contributed by atoms with Gasteiger partial charge in [0.2, 0.25) is 0 Å². The summed E-state index contributed by atoms with van der Waals surface area (Å²) in [5.74, 6) is 0.364. The second-order valence-electron chi connectivity index (χ2n) is 4.06. The summed E-state index contributed by atoms with van der Waals surface area (Å²) in [7, 11) is 1.42. The molecule has 0 saturated carbocycles. The van der Waals surface area contributed by atoms with Crippen molar-refractivity contribution in [3.05, 3.63) is 53.7 Å². The minimum Gasteiger partial charge on any atom is -0.494 e. The van der Waals surface area contributed by atoms with Gasteiger partial charge in [-0.15, -0.1) is 0 Å². The van der Waals surface area contributed by atoms with Crippen molar-refractivity contribution in [1.29, 1.82) is 0 Å². The van der Waals surface area contributed by atoms with Crippen molar-refractivity contribution >= 4 is 0 Å². The van der Waals surface area contributed by atoms with Gasteiger partial charge in [-0.25, -0.2) is 4.39 Å². The van der Waals surface area contributed by atoms with Crippen molar-refractivity contribution < 1.29 is 18.7 Å². The average molecular weight is 250 g/mol. The summed E-state index contributed by atoms with van der Waals surface area (Å²) in [6.45, 7) is -0.0630. The zero-order valence-electron chi connectivity index (χ0n) is 10.1. The van der Waals surface area contributed by atoms with Gasteiger partial charge in [0.15, 0.2) is 11.6 Å². The molecule has 2 aromatic rings. The van der Waals surface area contributed by atoms with Gasteiger partial charge in [0.25, 0.3) is 0 Å². The first-order valence-corrected chi connectivity index (χ1v) is 5.71. The number of rotatable bonds is 5. The number of ether oxygens (including phenoxy) is 1. The SMILES string of the molecule is COc1ccc(C(CO)Cc2ccco2)cc1F. The van der Waals surface area contributed by atoms with Gasteiger partial charge in [-0.2, -0.15) is 0 Å². The first-order valence-electron chi connectivity index (χ1n) is 5.71. The number of aliphatic hydroxyl groups is 1. The van der Waals surface area contributed by atoms with Crippen LogP contribution in [0.15, 0.2) is 41.0 Å². The van der Waals surface area contributed by atoms with Crippen LogP contribution in [0, 0.1) is 5.82 Å². The van der Waals surface area contributed by atoms with Gasteiger partial charge in [-0.05, 0) is 29.8 Å². The maximum Gasteiger partial charge on any atom is 0.165 e. The number of furan rings is 1. The summed E-state index contributed by atoms with van der Waals surface area (Å²) in [5, 5.41) is 9.40. The van der Waals surface area contributed by atoms with Crippen LogP contribution in [0.1, 0.15) is 17.2 Å². The van der Waals surface area contributed by atoms with Crippen LogP contribution in [0.3, 0.4) is 0 Å². The van der Waals surface area contributed by atoms with Crippen LogP contribution < -0.4 is 4.74 Å². The van der Waals surface area contributed by atoms with Gasteiger partial charge >= 0.3 is 0 Å². The fraction of sp³-hybridized carbons (Fsp3) is 0.286. The molecule has 0 aliphatic heterocycles. The average Bonchev–Trinajstić information content (AvgIpc) is 2.88. The molecule has 0 amide bonds. The zero-order valence-corrected chi connectivity index (χ0v) is 10.1. The van der Waals surface area contributed by atoms with E-state index in [9.17, 15) is 9.50 Å². The standard InChI is InChI=1S/C14H15FO3/c1-17-14-5-4-10(8-13(14)15)11(9-16)7-12-3-2-6-18-12/h2-6,8,11,16H,7,9H2,1H3. The van der Waals surface area contributed by atoms with Crippen molar-refractivity contribution in [2.45, 2.75) is 12.3 Å². The predicted molar refractivity (Wildman–Crippen MR) is 65.2 cm³/mol. The van der Waals surface area contributed by atoms with E-state index in [1.54, 1.807) is 24.5 Å². The lowest BCUT2D eigenvalue weighted by Gasteiger charge is -2.14. The van der Waals surface area contributed by atoms with Gasteiger partial charge in [0, 0.05) is 12.3 Å². The van der Waals surface area contributed by atoms with Crippen LogP contribution in [-0.4, -0.2) is 18.8 Å². The lowest BCUT2D eigenvalue weighted by atomic mass is 9.95. The molecule has 0 aliphatic carbocycles. The number of methoxy groups -OCH3 is 1. The van der Waals surface area contributed by atoms with Gasteiger partial charge < -0.3 is 14.3 Å². The Kier molecular flexibility index (Phi) is 3.99. The number of halogens is 1. The Morgan fingerprint density at radius 1 is 1.39 bits per heavy atom. The van der Waals surface area contributed by atoms with E-state index in [1.165, 1.54) is 13.2 Å². The maximum atomic E-state index is 13.6. The van der Waals surface area contributed by atoms with Gasteiger partial charge in [0.05, 0.1) is 20.0 Å². The molecule has 1 N–H and O–H groups in total. The second-order valence-corrected chi connectivity index (χ2v) is 4.06. The highest BCUT2D eigenvalue weighted by atomic mass is 19.1. The Hall–Kier alpha value is -1.81. The van der Waals surface area contributed by atoms with Crippen molar-refractivity contribution in [2.24, 2.45) is 0 Å². The van der Waals surface area contributed by atoms with Crippen molar-refractivity contribution in [3.8, 4) is 5.75 Å². The largest absolute Gasteiger partial charge is 0.494 e. The third-order valence-corrected chi connectivity index (χ3v) is 2.90. The fourth-order valence-corrected chi connectivity index (χ4v) is 1.90. The molecule has 1 unspecified atom stereocenters. The summed E-state index contributed by atoms with van der Waals surface area (Å²) in [4.78, 5) is 0. The second kappa shape index (κ2) is 5.69. The van der Waals surface area contributed by atoms with E-state index in [0.29, 0.717) is 6.42 Å². The molecule has 1 atom stereocenters. The molecule has 0 saturated heterocycles. The van der Waals surface area contributed by atoms with E-state index in [-0.39, 0.29) is 18.3 Å². The summed E-state index contributed by atoms with van der Waals surface area (Å²) >= 11 is 0. The maximum absolute atomic E-state index is 13.6. The molecule has 1 aromatic carbocycles. The molecule has 96 valence electrons. The summed E-state index contributed by atoms with van der Waals surface area (Å²) in [5.41, 5.74) is 0.729. The van der Waals surface area contributed by atoms with E-state index in [0.717, 1.165) is 11.3 Å². The fourth-order valence-electron chi connectivity index (χ4n) is 1.90. The summed E-state index contributed by atoms with van der Waals surface area (Å²) < 4.78 is 23.7. The van der Waals surface area contributed by atoms with E-state index in [2.05, 4.69) is 0 Å².